The van der Waals surface area contributed by atoms with Crippen molar-refractivity contribution in [2.24, 2.45) is 5.73 Å². The van der Waals surface area contributed by atoms with Gasteiger partial charge in [-0.2, -0.15) is 0 Å². The first-order chi connectivity index (χ1) is 19.4. The van der Waals surface area contributed by atoms with Crippen LogP contribution in [0.5, 0.6) is 0 Å². The molecule has 11 heteroatoms. The third-order valence-electron chi connectivity index (χ3n) is 6.55. The second kappa shape index (κ2) is 13.6. The fraction of sp³-hybridized carbons (Fsp3) is 0.276. The highest BCUT2D eigenvalue weighted by molar-refractivity contribution is 7.11. The lowest BCUT2D eigenvalue weighted by molar-refractivity contribution is -0.130. The number of carbonyl (C=O) groups excluding carboxylic acids is 4. The molecule has 0 fully saturated rings. The zero-order valence-corrected chi connectivity index (χ0v) is 22.9. The van der Waals surface area contributed by atoms with Crippen LogP contribution >= 0.6 is 11.3 Å². The summed E-state index contributed by atoms with van der Waals surface area (Å²) in [4.78, 5) is 58.8. The molecule has 0 aliphatic rings. The van der Waals surface area contributed by atoms with Crippen molar-refractivity contribution in [3.63, 3.8) is 0 Å². The van der Waals surface area contributed by atoms with Crippen molar-refractivity contribution < 1.29 is 19.2 Å². The van der Waals surface area contributed by atoms with Crippen molar-refractivity contribution in [2.45, 2.75) is 44.8 Å². The topological polar surface area (TPSA) is 159 Å². The van der Waals surface area contributed by atoms with Crippen LogP contribution in [0.1, 0.15) is 39.8 Å². The van der Waals surface area contributed by atoms with Gasteiger partial charge in [-0.05, 0) is 22.8 Å². The van der Waals surface area contributed by atoms with Gasteiger partial charge in [0.25, 0.3) is 0 Å². The summed E-state index contributed by atoms with van der Waals surface area (Å²) in [5.41, 5.74) is 9.33. The van der Waals surface area contributed by atoms with E-state index in [-0.39, 0.29) is 42.5 Å². The van der Waals surface area contributed by atoms with Crippen LogP contribution in [0.3, 0.4) is 0 Å². The Morgan fingerprint density at radius 1 is 0.925 bits per heavy atom. The average molecular weight is 561 g/mol. The number of para-hydroxylation sites is 1. The number of carbonyl (C=O) groups is 4. The summed E-state index contributed by atoms with van der Waals surface area (Å²) in [6.07, 6.45) is 4.03. The molecule has 0 radical (unpaired) electrons. The maximum absolute atomic E-state index is 13.2. The Balaban J connectivity index is 1.45. The Kier molecular flexibility index (Phi) is 9.76. The van der Waals surface area contributed by atoms with Crippen LogP contribution in [0.4, 0.5) is 0 Å². The molecule has 2 atom stereocenters. The molecule has 0 saturated heterocycles. The molecular formula is C29H32N6O4S. The molecule has 4 aromatic rings. The van der Waals surface area contributed by atoms with E-state index >= 15 is 0 Å². The molecule has 0 bridgehead atoms. The predicted octanol–water partition coefficient (Wildman–Crippen LogP) is 2.25. The van der Waals surface area contributed by atoms with Crippen molar-refractivity contribution in [3.05, 3.63) is 88.0 Å². The quantitative estimate of drug-likeness (QED) is 0.158. The van der Waals surface area contributed by atoms with Crippen molar-refractivity contribution in [1.82, 2.24) is 25.9 Å². The third-order valence-corrected chi connectivity index (χ3v) is 7.34. The molecule has 10 nitrogen and oxygen atoms in total. The number of benzene rings is 2. The van der Waals surface area contributed by atoms with Gasteiger partial charge in [-0.15, -0.1) is 11.3 Å². The molecule has 0 aliphatic carbocycles. The van der Waals surface area contributed by atoms with E-state index in [9.17, 15) is 19.2 Å². The molecule has 2 heterocycles. The van der Waals surface area contributed by atoms with Gasteiger partial charge < -0.3 is 26.7 Å². The van der Waals surface area contributed by atoms with E-state index in [1.807, 2.05) is 54.7 Å². The maximum Gasteiger partial charge on any atom is 0.243 e. The Hall–Kier alpha value is -4.35. The number of hydrogen-bond donors (Lipinski definition) is 5. The van der Waals surface area contributed by atoms with Crippen LogP contribution in [0, 0.1) is 0 Å². The highest BCUT2D eigenvalue weighted by Crippen LogP contribution is 2.20. The zero-order valence-electron chi connectivity index (χ0n) is 22.1. The van der Waals surface area contributed by atoms with Crippen molar-refractivity contribution in [2.75, 3.05) is 6.54 Å². The molecule has 0 spiro atoms. The number of hydrogen-bond acceptors (Lipinski definition) is 7. The minimum absolute atomic E-state index is 0.206. The van der Waals surface area contributed by atoms with E-state index in [1.54, 1.807) is 12.3 Å². The van der Waals surface area contributed by atoms with Gasteiger partial charge in [0.2, 0.25) is 23.5 Å². The van der Waals surface area contributed by atoms with Crippen LogP contribution < -0.4 is 21.7 Å². The molecule has 6 N–H and O–H groups in total. The highest BCUT2D eigenvalue weighted by atomic mass is 32.1. The van der Waals surface area contributed by atoms with E-state index in [0.717, 1.165) is 27.6 Å². The molecule has 208 valence electrons. The number of ketones is 1. The number of Topliss-reactive ketones (excluding diaryl/α,β-unsaturated/α-hetero) is 1. The molecule has 2 unspecified atom stereocenters. The van der Waals surface area contributed by atoms with E-state index in [2.05, 4.69) is 25.9 Å². The van der Waals surface area contributed by atoms with Gasteiger partial charge in [-0.3, -0.25) is 19.2 Å². The number of fused-ring (bicyclic) bond motifs is 1. The number of H-pyrrole nitrogens is 1. The molecule has 0 saturated carbocycles. The first kappa shape index (κ1) is 28.7. The van der Waals surface area contributed by atoms with Crippen LogP contribution in [0.2, 0.25) is 0 Å². The van der Waals surface area contributed by atoms with Crippen LogP contribution in [-0.4, -0.2) is 52.1 Å². The van der Waals surface area contributed by atoms with E-state index in [4.69, 9.17) is 5.73 Å². The fourth-order valence-corrected chi connectivity index (χ4v) is 5.07. The minimum atomic E-state index is -0.896. The Labute approximate surface area is 235 Å². The van der Waals surface area contributed by atoms with Gasteiger partial charge in [-0.25, -0.2) is 4.98 Å². The summed E-state index contributed by atoms with van der Waals surface area (Å²) in [6, 6.07) is 13.3. The first-order valence-corrected chi connectivity index (χ1v) is 13.9. The molecular weight excluding hydrogens is 528 g/mol. The molecule has 2 aromatic heterocycles. The third kappa shape index (κ3) is 7.19. The van der Waals surface area contributed by atoms with Crippen LogP contribution in [0.25, 0.3) is 10.9 Å². The molecule has 40 heavy (non-hydrogen) atoms. The first-order valence-electron chi connectivity index (χ1n) is 13.0. The summed E-state index contributed by atoms with van der Waals surface area (Å²) in [5, 5.41) is 11.0. The number of aromatic amines is 1. The largest absolute Gasteiger partial charge is 0.361 e. The fourth-order valence-electron chi connectivity index (χ4n) is 4.44. The lowest BCUT2D eigenvalue weighted by Crippen LogP contribution is -2.51. The number of amides is 3. The summed E-state index contributed by atoms with van der Waals surface area (Å²) in [7, 11) is 0. The lowest BCUT2D eigenvalue weighted by atomic mass is 9.99. The van der Waals surface area contributed by atoms with E-state index in [1.165, 1.54) is 17.5 Å². The summed E-state index contributed by atoms with van der Waals surface area (Å²) < 4.78 is 0. The minimum Gasteiger partial charge on any atom is -0.361 e. The van der Waals surface area contributed by atoms with Gasteiger partial charge >= 0.3 is 0 Å². The van der Waals surface area contributed by atoms with Crippen molar-refractivity contribution >= 4 is 45.7 Å². The van der Waals surface area contributed by atoms with Crippen LogP contribution in [-0.2, 0) is 33.8 Å². The van der Waals surface area contributed by atoms with E-state index in [0.29, 0.717) is 6.54 Å². The molecule has 0 aliphatic heterocycles. The standard InChI is InChI=1S/C29H32N6O4S/c1-2-25(36)35-24(13-18-7-3-4-8-19(18)15-30)28(39)33-17-26(37)34-23(27(38)29-31-11-12-40-29)14-20-16-32-22-10-6-5-9-21(20)22/h3-12,16,23-24,32H,2,13-15,17,30H2,1H3,(H,33,39)(H,34,37)(H,35,36). The van der Waals surface area contributed by atoms with Gasteiger partial charge in [0.1, 0.15) is 6.04 Å². The summed E-state index contributed by atoms with van der Waals surface area (Å²) in [5.74, 6) is -1.65. The summed E-state index contributed by atoms with van der Waals surface area (Å²) in [6.45, 7) is 1.61. The van der Waals surface area contributed by atoms with Gasteiger partial charge in [0.15, 0.2) is 5.01 Å². The van der Waals surface area contributed by atoms with Gasteiger partial charge in [0.05, 0.1) is 12.6 Å². The molecule has 2 aromatic carbocycles. The number of rotatable bonds is 13. The van der Waals surface area contributed by atoms with Crippen molar-refractivity contribution in [3.8, 4) is 0 Å². The van der Waals surface area contributed by atoms with Crippen LogP contribution in [0.15, 0.2) is 66.3 Å². The second-order valence-electron chi connectivity index (χ2n) is 9.25. The monoisotopic (exact) mass is 560 g/mol. The number of nitrogens with zero attached hydrogens (tertiary/aromatic N) is 1. The predicted molar refractivity (Wildman–Crippen MR) is 154 cm³/mol. The summed E-state index contributed by atoms with van der Waals surface area (Å²) >= 11 is 1.20. The lowest BCUT2D eigenvalue weighted by Gasteiger charge is -2.20. The van der Waals surface area contributed by atoms with E-state index < -0.39 is 23.9 Å². The van der Waals surface area contributed by atoms with Gasteiger partial charge in [0, 0.05) is 54.5 Å². The smallest absolute Gasteiger partial charge is 0.243 e. The number of nitrogens with one attached hydrogen (secondary N) is 4. The maximum atomic E-state index is 13.2. The Morgan fingerprint density at radius 3 is 2.35 bits per heavy atom. The second-order valence-corrected chi connectivity index (χ2v) is 10.1. The van der Waals surface area contributed by atoms with Crippen molar-refractivity contribution in [1.29, 1.82) is 0 Å². The zero-order chi connectivity index (χ0) is 28.5. The Bertz CT molecular complexity index is 1480. The average Bonchev–Trinajstić information content (AvgIpc) is 3.66. The highest BCUT2D eigenvalue weighted by Gasteiger charge is 2.27. The molecule has 4 rings (SSSR count). The van der Waals surface area contributed by atoms with Gasteiger partial charge in [-0.1, -0.05) is 49.4 Å². The number of aromatic nitrogens is 2. The molecule has 3 amide bonds. The normalized spacial score (nSPS) is 12.4. The SMILES string of the molecule is CCC(=O)NC(Cc1ccccc1CN)C(=O)NCC(=O)NC(Cc1c[nH]c2ccccc12)C(=O)c1nccs1. The number of nitrogens with two attached hydrogens (primary N) is 1. The Morgan fingerprint density at radius 2 is 1.62 bits per heavy atom. The number of thiazole rings is 1.